The van der Waals surface area contributed by atoms with Gasteiger partial charge in [0.25, 0.3) is 0 Å². The minimum Gasteiger partial charge on any atom is -0.465 e. The van der Waals surface area contributed by atoms with E-state index in [0.717, 1.165) is 0 Å². The minimum absolute atomic E-state index is 0.259. The van der Waals surface area contributed by atoms with Gasteiger partial charge in [0, 0.05) is 0 Å². The largest absolute Gasteiger partial charge is 0.465 e. The van der Waals surface area contributed by atoms with E-state index in [-0.39, 0.29) is 11.9 Å². The van der Waals surface area contributed by atoms with Crippen LogP contribution in [-0.4, -0.2) is 17.6 Å². The SMILES string of the molecule is CCOC(=O)C(C)c1ccc(N)cn1. The van der Waals surface area contributed by atoms with Crippen LogP contribution in [0.25, 0.3) is 0 Å². The molecule has 0 aliphatic carbocycles. The monoisotopic (exact) mass is 194 g/mol. The van der Waals surface area contributed by atoms with Gasteiger partial charge in [-0.05, 0) is 26.0 Å². The molecule has 0 fully saturated rings. The van der Waals surface area contributed by atoms with Gasteiger partial charge < -0.3 is 10.5 Å². The lowest BCUT2D eigenvalue weighted by Crippen LogP contribution is -2.14. The number of pyridine rings is 1. The number of anilines is 1. The lowest BCUT2D eigenvalue weighted by molar-refractivity contribution is -0.144. The summed E-state index contributed by atoms with van der Waals surface area (Å²) in [5.74, 6) is -0.597. The topological polar surface area (TPSA) is 65.2 Å². The van der Waals surface area contributed by atoms with Crippen LogP contribution in [0.1, 0.15) is 25.5 Å². The summed E-state index contributed by atoms with van der Waals surface area (Å²) in [5.41, 5.74) is 6.75. The molecule has 1 aromatic heterocycles. The number of nitrogens with zero attached hydrogens (tertiary/aromatic N) is 1. The van der Waals surface area contributed by atoms with Crippen LogP contribution in [0.2, 0.25) is 0 Å². The quantitative estimate of drug-likeness (QED) is 0.737. The van der Waals surface area contributed by atoms with Crippen molar-refractivity contribution in [2.24, 2.45) is 0 Å². The molecule has 0 radical (unpaired) electrons. The van der Waals surface area contributed by atoms with E-state index in [1.807, 2.05) is 0 Å². The number of aromatic nitrogens is 1. The van der Waals surface area contributed by atoms with Crippen LogP contribution in [-0.2, 0) is 9.53 Å². The Kier molecular flexibility index (Phi) is 3.45. The van der Waals surface area contributed by atoms with Crippen molar-refractivity contribution in [1.82, 2.24) is 4.98 Å². The number of hydrogen-bond acceptors (Lipinski definition) is 4. The van der Waals surface area contributed by atoms with Crippen molar-refractivity contribution in [3.8, 4) is 0 Å². The first-order chi connectivity index (χ1) is 6.65. The fourth-order valence-electron chi connectivity index (χ4n) is 1.06. The normalized spacial score (nSPS) is 12.1. The second-order valence-corrected chi connectivity index (χ2v) is 2.99. The van der Waals surface area contributed by atoms with Crippen LogP contribution in [0.3, 0.4) is 0 Å². The van der Waals surface area contributed by atoms with Crippen LogP contribution in [0.5, 0.6) is 0 Å². The summed E-state index contributed by atoms with van der Waals surface area (Å²) < 4.78 is 4.88. The summed E-state index contributed by atoms with van der Waals surface area (Å²) in [6, 6.07) is 3.45. The number of hydrogen-bond donors (Lipinski definition) is 1. The van der Waals surface area contributed by atoms with Crippen molar-refractivity contribution in [2.75, 3.05) is 12.3 Å². The molecule has 0 aromatic carbocycles. The van der Waals surface area contributed by atoms with Crippen molar-refractivity contribution < 1.29 is 9.53 Å². The Morgan fingerprint density at radius 3 is 2.86 bits per heavy atom. The summed E-state index contributed by atoms with van der Waals surface area (Å²) in [4.78, 5) is 15.4. The van der Waals surface area contributed by atoms with Gasteiger partial charge in [-0.2, -0.15) is 0 Å². The fraction of sp³-hybridized carbons (Fsp3) is 0.400. The average Bonchev–Trinajstić information content (AvgIpc) is 2.18. The molecule has 0 amide bonds. The Morgan fingerprint density at radius 1 is 1.64 bits per heavy atom. The van der Waals surface area contributed by atoms with E-state index < -0.39 is 0 Å². The zero-order valence-electron chi connectivity index (χ0n) is 8.36. The molecule has 4 nitrogen and oxygen atoms in total. The number of carbonyl (C=O) groups excluding carboxylic acids is 1. The summed E-state index contributed by atoms with van der Waals surface area (Å²) in [5, 5.41) is 0. The molecule has 0 bridgehead atoms. The van der Waals surface area contributed by atoms with Crippen molar-refractivity contribution in [3.05, 3.63) is 24.0 Å². The van der Waals surface area contributed by atoms with Crippen LogP contribution < -0.4 is 5.73 Å². The zero-order valence-corrected chi connectivity index (χ0v) is 8.36. The van der Waals surface area contributed by atoms with E-state index in [1.54, 1.807) is 26.0 Å². The molecule has 14 heavy (non-hydrogen) atoms. The Bertz CT molecular complexity index is 308. The highest BCUT2D eigenvalue weighted by molar-refractivity contribution is 5.77. The number of rotatable bonds is 3. The minimum atomic E-state index is -0.337. The second-order valence-electron chi connectivity index (χ2n) is 2.99. The van der Waals surface area contributed by atoms with Gasteiger partial charge >= 0.3 is 5.97 Å². The lowest BCUT2D eigenvalue weighted by atomic mass is 10.1. The van der Waals surface area contributed by atoms with Crippen molar-refractivity contribution in [2.45, 2.75) is 19.8 Å². The van der Waals surface area contributed by atoms with E-state index in [4.69, 9.17) is 10.5 Å². The molecule has 1 heterocycles. The highest BCUT2D eigenvalue weighted by Gasteiger charge is 2.16. The van der Waals surface area contributed by atoms with Crippen LogP contribution in [0.15, 0.2) is 18.3 Å². The van der Waals surface area contributed by atoms with Crippen LogP contribution in [0, 0.1) is 0 Å². The van der Waals surface area contributed by atoms with Crippen molar-refractivity contribution in [1.29, 1.82) is 0 Å². The molecule has 76 valence electrons. The summed E-state index contributed by atoms with van der Waals surface area (Å²) in [6.45, 7) is 3.93. The maximum Gasteiger partial charge on any atom is 0.314 e. The maximum absolute atomic E-state index is 11.3. The third-order valence-electron chi connectivity index (χ3n) is 1.89. The predicted molar refractivity (Wildman–Crippen MR) is 53.7 cm³/mol. The molecule has 1 rings (SSSR count). The average molecular weight is 194 g/mol. The van der Waals surface area contributed by atoms with Crippen molar-refractivity contribution in [3.63, 3.8) is 0 Å². The van der Waals surface area contributed by atoms with Crippen molar-refractivity contribution >= 4 is 11.7 Å². The Balaban J connectivity index is 2.73. The van der Waals surface area contributed by atoms with Gasteiger partial charge in [0.1, 0.15) is 0 Å². The summed E-state index contributed by atoms with van der Waals surface area (Å²) in [6.07, 6.45) is 1.53. The molecule has 0 aliphatic heterocycles. The number of nitrogens with two attached hydrogens (primary N) is 1. The predicted octanol–water partition coefficient (Wildman–Crippen LogP) is 1.33. The highest BCUT2D eigenvalue weighted by atomic mass is 16.5. The standard InChI is InChI=1S/C10H14N2O2/c1-3-14-10(13)7(2)9-5-4-8(11)6-12-9/h4-7H,3,11H2,1-2H3. The van der Waals surface area contributed by atoms with Gasteiger partial charge in [-0.3, -0.25) is 9.78 Å². The van der Waals surface area contributed by atoms with E-state index in [2.05, 4.69) is 4.98 Å². The van der Waals surface area contributed by atoms with Crippen LogP contribution >= 0.6 is 0 Å². The first-order valence-corrected chi connectivity index (χ1v) is 4.53. The summed E-state index contributed by atoms with van der Waals surface area (Å²) in [7, 11) is 0. The molecule has 0 saturated heterocycles. The number of esters is 1. The molecule has 0 aliphatic rings. The fourth-order valence-corrected chi connectivity index (χ4v) is 1.06. The van der Waals surface area contributed by atoms with Gasteiger partial charge in [0.15, 0.2) is 0 Å². The van der Waals surface area contributed by atoms with Gasteiger partial charge in [-0.25, -0.2) is 0 Å². The Hall–Kier alpha value is -1.58. The third-order valence-corrected chi connectivity index (χ3v) is 1.89. The van der Waals surface area contributed by atoms with E-state index in [9.17, 15) is 4.79 Å². The van der Waals surface area contributed by atoms with E-state index >= 15 is 0 Å². The van der Waals surface area contributed by atoms with Crippen LogP contribution in [0.4, 0.5) is 5.69 Å². The molecule has 0 spiro atoms. The lowest BCUT2D eigenvalue weighted by Gasteiger charge is -2.09. The smallest absolute Gasteiger partial charge is 0.314 e. The molecular weight excluding hydrogens is 180 g/mol. The first kappa shape index (κ1) is 10.5. The van der Waals surface area contributed by atoms with E-state index in [1.165, 1.54) is 6.20 Å². The Labute approximate surface area is 83.1 Å². The summed E-state index contributed by atoms with van der Waals surface area (Å²) >= 11 is 0. The van der Waals surface area contributed by atoms with Gasteiger partial charge in [-0.1, -0.05) is 0 Å². The Morgan fingerprint density at radius 2 is 2.36 bits per heavy atom. The molecule has 2 N–H and O–H groups in total. The number of nitrogen functional groups attached to an aromatic ring is 1. The molecule has 1 aromatic rings. The number of carbonyl (C=O) groups is 1. The molecule has 4 heteroatoms. The first-order valence-electron chi connectivity index (χ1n) is 4.53. The van der Waals surface area contributed by atoms with E-state index in [0.29, 0.717) is 18.0 Å². The third kappa shape index (κ3) is 2.45. The molecule has 0 saturated carbocycles. The molecular formula is C10H14N2O2. The van der Waals surface area contributed by atoms with Gasteiger partial charge in [0.2, 0.25) is 0 Å². The zero-order chi connectivity index (χ0) is 10.6. The number of ether oxygens (including phenoxy) is 1. The molecule has 1 atom stereocenters. The molecule has 1 unspecified atom stereocenters. The van der Waals surface area contributed by atoms with Gasteiger partial charge in [-0.15, -0.1) is 0 Å². The second kappa shape index (κ2) is 4.60. The maximum atomic E-state index is 11.3. The highest BCUT2D eigenvalue weighted by Crippen LogP contribution is 2.14. The van der Waals surface area contributed by atoms with Gasteiger partial charge in [0.05, 0.1) is 30.1 Å².